The van der Waals surface area contributed by atoms with Crippen LogP contribution >= 0.6 is 0 Å². The van der Waals surface area contributed by atoms with Crippen LogP contribution < -0.4 is 5.32 Å². The Morgan fingerprint density at radius 2 is 1.96 bits per heavy atom. The molecule has 0 aromatic rings. The number of likely N-dealkylation sites (N-methyl/N-ethyl adjacent to an activating group) is 1. The van der Waals surface area contributed by atoms with Crippen molar-refractivity contribution in [2.75, 3.05) is 66.5 Å². The van der Waals surface area contributed by atoms with Gasteiger partial charge in [-0.1, -0.05) is 6.42 Å². The molecule has 0 aromatic heterocycles. The Morgan fingerprint density at radius 1 is 1.13 bits per heavy atom. The zero-order valence-corrected chi connectivity index (χ0v) is 14.8. The summed E-state index contributed by atoms with van der Waals surface area (Å²) >= 11 is 0. The van der Waals surface area contributed by atoms with E-state index < -0.39 is 0 Å². The molecule has 2 atom stereocenters. The lowest BCUT2D eigenvalue weighted by atomic mass is 10.1. The fourth-order valence-corrected chi connectivity index (χ4v) is 4.04. The first-order chi connectivity index (χ1) is 11.3. The summed E-state index contributed by atoms with van der Waals surface area (Å²) in [6.45, 7) is 8.52. The van der Waals surface area contributed by atoms with Gasteiger partial charge in [-0.25, -0.2) is 0 Å². The van der Waals surface area contributed by atoms with Crippen molar-refractivity contribution < 1.29 is 4.74 Å². The molecule has 0 bridgehead atoms. The van der Waals surface area contributed by atoms with Crippen LogP contribution in [0.4, 0.5) is 0 Å². The molecule has 3 heterocycles. The van der Waals surface area contributed by atoms with E-state index in [1.807, 2.05) is 7.05 Å². The van der Waals surface area contributed by atoms with Gasteiger partial charge in [-0.3, -0.25) is 9.89 Å². The van der Waals surface area contributed by atoms with E-state index in [0.29, 0.717) is 6.04 Å². The SMILES string of the molecule is CN=C(NCC1CN(C)CCO1)N1CCC(N2CCCCC2)C1. The monoisotopic (exact) mass is 323 g/mol. The van der Waals surface area contributed by atoms with Gasteiger partial charge < -0.3 is 19.9 Å². The van der Waals surface area contributed by atoms with E-state index in [-0.39, 0.29) is 6.10 Å². The van der Waals surface area contributed by atoms with Gasteiger partial charge in [0.25, 0.3) is 0 Å². The standard InChI is InChI=1S/C17H33N5O/c1-18-17(19-12-16-14-20(2)10-11-23-16)22-9-6-15(13-22)21-7-4-3-5-8-21/h15-16H,3-14H2,1-2H3,(H,18,19). The van der Waals surface area contributed by atoms with E-state index in [1.165, 1.54) is 38.8 Å². The lowest BCUT2D eigenvalue weighted by Gasteiger charge is -2.33. The van der Waals surface area contributed by atoms with E-state index in [0.717, 1.165) is 45.3 Å². The summed E-state index contributed by atoms with van der Waals surface area (Å²) in [5.41, 5.74) is 0. The number of piperidine rings is 1. The molecule has 0 radical (unpaired) electrons. The number of aliphatic imine (C=N–C) groups is 1. The summed E-state index contributed by atoms with van der Waals surface area (Å²) in [5, 5.41) is 3.53. The molecule has 1 N–H and O–H groups in total. The van der Waals surface area contributed by atoms with Crippen molar-refractivity contribution in [1.82, 2.24) is 20.0 Å². The second-order valence-corrected chi connectivity index (χ2v) is 7.17. The van der Waals surface area contributed by atoms with Crippen molar-refractivity contribution in [2.45, 2.75) is 37.8 Å². The van der Waals surface area contributed by atoms with Crippen LogP contribution in [0.5, 0.6) is 0 Å². The Labute approximate surface area is 140 Å². The predicted molar refractivity (Wildman–Crippen MR) is 94.0 cm³/mol. The summed E-state index contributed by atoms with van der Waals surface area (Å²) in [5.74, 6) is 1.04. The van der Waals surface area contributed by atoms with Gasteiger partial charge in [0.15, 0.2) is 5.96 Å². The molecule has 0 saturated carbocycles. The number of nitrogens with zero attached hydrogens (tertiary/aromatic N) is 4. The molecule has 3 fully saturated rings. The van der Waals surface area contributed by atoms with Gasteiger partial charge in [-0.05, 0) is 39.4 Å². The van der Waals surface area contributed by atoms with Gasteiger partial charge in [0.1, 0.15) is 0 Å². The summed E-state index contributed by atoms with van der Waals surface area (Å²) in [4.78, 5) is 11.9. The van der Waals surface area contributed by atoms with Gasteiger partial charge in [0.2, 0.25) is 0 Å². The maximum absolute atomic E-state index is 5.84. The maximum Gasteiger partial charge on any atom is 0.193 e. The highest BCUT2D eigenvalue weighted by molar-refractivity contribution is 5.80. The molecule has 0 spiro atoms. The van der Waals surface area contributed by atoms with Crippen molar-refractivity contribution in [3.05, 3.63) is 0 Å². The molecule has 3 aliphatic heterocycles. The normalized spacial score (nSPS) is 31.6. The first kappa shape index (κ1) is 17.0. The predicted octanol–water partition coefficient (Wildman–Crippen LogP) is 0.453. The van der Waals surface area contributed by atoms with E-state index in [9.17, 15) is 0 Å². The number of likely N-dealkylation sites (tertiary alicyclic amines) is 2. The van der Waals surface area contributed by atoms with E-state index in [1.54, 1.807) is 0 Å². The van der Waals surface area contributed by atoms with Crippen molar-refractivity contribution in [2.24, 2.45) is 4.99 Å². The van der Waals surface area contributed by atoms with Crippen LogP contribution in [-0.4, -0.2) is 99.3 Å². The van der Waals surface area contributed by atoms with Gasteiger partial charge in [-0.2, -0.15) is 0 Å². The van der Waals surface area contributed by atoms with E-state index >= 15 is 0 Å². The average molecular weight is 323 g/mol. The molecule has 0 amide bonds. The van der Waals surface area contributed by atoms with Crippen LogP contribution in [0.2, 0.25) is 0 Å². The summed E-state index contributed by atoms with van der Waals surface area (Å²) < 4.78 is 5.84. The van der Waals surface area contributed by atoms with Crippen molar-refractivity contribution in [1.29, 1.82) is 0 Å². The smallest absolute Gasteiger partial charge is 0.193 e. The molecule has 3 saturated heterocycles. The third-order valence-electron chi connectivity index (χ3n) is 5.41. The second kappa shape index (κ2) is 8.31. The van der Waals surface area contributed by atoms with Crippen LogP contribution in [0.25, 0.3) is 0 Å². The second-order valence-electron chi connectivity index (χ2n) is 7.17. The minimum atomic E-state index is 0.269. The largest absolute Gasteiger partial charge is 0.374 e. The number of rotatable bonds is 3. The maximum atomic E-state index is 5.84. The first-order valence-corrected chi connectivity index (χ1v) is 9.26. The zero-order chi connectivity index (χ0) is 16.1. The molecule has 6 heteroatoms. The molecule has 3 aliphatic rings. The molecular formula is C17H33N5O. The highest BCUT2D eigenvalue weighted by Gasteiger charge is 2.30. The Balaban J connectivity index is 1.45. The topological polar surface area (TPSA) is 43.3 Å². The fraction of sp³-hybridized carbons (Fsp3) is 0.941. The van der Waals surface area contributed by atoms with Crippen LogP contribution in [-0.2, 0) is 4.74 Å². The fourth-order valence-electron chi connectivity index (χ4n) is 4.04. The third kappa shape index (κ3) is 4.58. The Hall–Kier alpha value is -0.850. The third-order valence-corrected chi connectivity index (χ3v) is 5.41. The lowest BCUT2D eigenvalue weighted by molar-refractivity contribution is -0.0163. The Kier molecular flexibility index (Phi) is 6.14. The number of hydrogen-bond donors (Lipinski definition) is 1. The molecule has 23 heavy (non-hydrogen) atoms. The van der Waals surface area contributed by atoms with Crippen molar-refractivity contribution in [3.8, 4) is 0 Å². The van der Waals surface area contributed by atoms with Gasteiger partial charge >= 0.3 is 0 Å². The molecule has 2 unspecified atom stereocenters. The molecule has 6 nitrogen and oxygen atoms in total. The molecule has 132 valence electrons. The van der Waals surface area contributed by atoms with Gasteiger partial charge in [0.05, 0.1) is 12.7 Å². The first-order valence-electron chi connectivity index (χ1n) is 9.26. The molecular weight excluding hydrogens is 290 g/mol. The van der Waals surface area contributed by atoms with Crippen LogP contribution in [0.15, 0.2) is 4.99 Å². The highest BCUT2D eigenvalue weighted by atomic mass is 16.5. The number of morpholine rings is 1. The zero-order valence-electron chi connectivity index (χ0n) is 14.8. The van der Waals surface area contributed by atoms with E-state index in [4.69, 9.17) is 4.74 Å². The number of ether oxygens (including phenoxy) is 1. The Bertz CT molecular complexity index is 396. The minimum absolute atomic E-state index is 0.269. The average Bonchev–Trinajstić information content (AvgIpc) is 3.06. The Morgan fingerprint density at radius 3 is 2.70 bits per heavy atom. The van der Waals surface area contributed by atoms with Crippen molar-refractivity contribution in [3.63, 3.8) is 0 Å². The molecule has 3 rings (SSSR count). The molecule has 0 aliphatic carbocycles. The highest BCUT2D eigenvalue weighted by Crippen LogP contribution is 2.20. The summed E-state index contributed by atoms with van der Waals surface area (Å²) in [6.07, 6.45) is 5.69. The van der Waals surface area contributed by atoms with Crippen LogP contribution in [0, 0.1) is 0 Å². The lowest BCUT2D eigenvalue weighted by Crippen LogP contribution is -2.49. The summed E-state index contributed by atoms with van der Waals surface area (Å²) in [7, 11) is 4.05. The van der Waals surface area contributed by atoms with E-state index in [2.05, 4.69) is 32.1 Å². The quantitative estimate of drug-likeness (QED) is 0.603. The van der Waals surface area contributed by atoms with Gasteiger partial charge in [0, 0.05) is 45.8 Å². The number of hydrogen-bond acceptors (Lipinski definition) is 4. The summed E-state index contributed by atoms with van der Waals surface area (Å²) in [6, 6.07) is 0.714. The van der Waals surface area contributed by atoms with Crippen molar-refractivity contribution >= 4 is 5.96 Å². The van der Waals surface area contributed by atoms with Crippen LogP contribution in [0.3, 0.4) is 0 Å². The number of guanidine groups is 1. The minimum Gasteiger partial charge on any atom is -0.374 e. The number of nitrogens with one attached hydrogen (secondary N) is 1. The molecule has 0 aromatic carbocycles. The van der Waals surface area contributed by atoms with Crippen LogP contribution in [0.1, 0.15) is 25.7 Å². The van der Waals surface area contributed by atoms with Gasteiger partial charge in [-0.15, -0.1) is 0 Å².